The summed E-state index contributed by atoms with van der Waals surface area (Å²) < 4.78 is 25.2. The van der Waals surface area contributed by atoms with Gasteiger partial charge in [-0.05, 0) is 123 Å². The maximum absolute atomic E-state index is 10.2. The second-order valence-corrected chi connectivity index (χ2v) is 30.7. The standard InChI is InChI=1S/C32H47ClN4O3Si2.C20H19ClN4O3/c1-21-25(18-19-26(34-9)27(21)33)35-28(22(2)40-42(12,13)32(6,7)8)30-37-36-29(39-30)24-16-14-23(15-17-24)20-38-41(10,11)31(3,4)5;1-11-15(8-9-16(22-3)17(11)21)23-18(12(2)27)20-25-24-19(28-20)14-6-4-13(10-26)5-7-14/h14-19,22,28,35H,20H2,1-8,10-13H3;4-9,12,18,23,26-27H,10H2,1-2H3/t22-,28+;12-,18+/m00/s1. The topological polar surface area (TPSA) is 170 Å². The summed E-state index contributed by atoms with van der Waals surface area (Å²) in [6.45, 7) is 44.7. The smallest absolute Gasteiger partial charge is 0.247 e. The summed E-state index contributed by atoms with van der Waals surface area (Å²) >= 11 is 12.7. The highest BCUT2D eigenvalue weighted by molar-refractivity contribution is 6.74. The number of benzene rings is 4. The number of halogens is 2. The van der Waals surface area contributed by atoms with Gasteiger partial charge in [0.05, 0.1) is 48.6 Å². The first-order valence-corrected chi connectivity index (χ1v) is 29.6. The lowest BCUT2D eigenvalue weighted by Crippen LogP contribution is -2.45. The Bertz CT molecular complexity index is 2810. The van der Waals surface area contributed by atoms with E-state index in [9.17, 15) is 5.11 Å². The van der Waals surface area contributed by atoms with E-state index >= 15 is 0 Å². The van der Waals surface area contributed by atoms with E-state index in [1.807, 2.05) is 32.0 Å². The average Bonchev–Trinajstić information content (AvgIpc) is 4.00. The number of rotatable bonds is 16. The van der Waals surface area contributed by atoms with Gasteiger partial charge in [0.2, 0.25) is 34.9 Å². The van der Waals surface area contributed by atoms with E-state index in [0.29, 0.717) is 62.5 Å². The van der Waals surface area contributed by atoms with Gasteiger partial charge in [0.25, 0.3) is 0 Å². The van der Waals surface area contributed by atoms with Gasteiger partial charge in [-0.2, -0.15) is 0 Å². The molecule has 0 bridgehead atoms. The second-order valence-electron chi connectivity index (χ2n) is 20.4. The zero-order chi connectivity index (χ0) is 51.9. The minimum Gasteiger partial charge on any atom is -0.418 e. The van der Waals surface area contributed by atoms with Crippen molar-refractivity contribution in [2.24, 2.45) is 0 Å². The molecule has 0 aliphatic carbocycles. The molecule has 14 nitrogen and oxygen atoms in total. The number of nitrogens with zero attached hydrogens (tertiary/aromatic N) is 6. The summed E-state index contributed by atoms with van der Waals surface area (Å²) in [5, 5.41) is 44.1. The fourth-order valence-electron chi connectivity index (χ4n) is 6.57. The molecule has 18 heteroatoms. The maximum atomic E-state index is 10.2. The van der Waals surface area contributed by atoms with Gasteiger partial charge in [-0.15, -0.1) is 20.4 Å². The summed E-state index contributed by atoms with van der Waals surface area (Å²) in [4.78, 5) is 6.90. The van der Waals surface area contributed by atoms with Crippen molar-refractivity contribution in [3.05, 3.63) is 140 Å². The van der Waals surface area contributed by atoms with Crippen LogP contribution in [0.25, 0.3) is 32.6 Å². The molecule has 70 heavy (non-hydrogen) atoms. The molecule has 0 spiro atoms. The van der Waals surface area contributed by atoms with Crippen LogP contribution in [0, 0.1) is 27.0 Å². The molecule has 0 saturated heterocycles. The maximum Gasteiger partial charge on any atom is 0.247 e. The highest BCUT2D eigenvalue weighted by atomic mass is 35.5. The number of hydrogen-bond acceptors (Lipinski definition) is 12. The molecule has 4 aromatic carbocycles. The molecule has 6 rings (SSSR count). The van der Waals surface area contributed by atoms with Crippen molar-refractivity contribution in [3.63, 3.8) is 0 Å². The normalized spacial score (nSPS) is 13.8. The van der Waals surface area contributed by atoms with Crippen molar-refractivity contribution in [1.29, 1.82) is 0 Å². The molecular formula is C52H66Cl2N8O6Si2. The quantitative estimate of drug-likeness (QED) is 0.0535. The first-order valence-electron chi connectivity index (χ1n) is 23.0. The Morgan fingerprint density at radius 3 is 1.46 bits per heavy atom. The predicted molar refractivity (Wildman–Crippen MR) is 284 cm³/mol. The molecule has 0 radical (unpaired) electrons. The first-order chi connectivity index (χ1) is 32.7. The van der Waals surface area contributed by atoms with E-state index in [-0.39, 0.29) is 28.7 Å². The Morgan fingerprint density at radius 2 is 1.06 bits per heavy atom. The summed E-state index contributed by atoms with van der Waals surface area (Å²) in [7, 11) is -3.96. The van der Waals surface area contributed by atoms with Gasteiger partial charge >= 0.3 is 0 Å². The molecule has 0 aliphatic heterocycles. The molecule has 6 aromatic rings. The number of aliphatic hydroxyl groups excluding tert-OH is 2. The van der Waals surface area contributed by atoms with Gasteiger partial charge < -0.3 is 38.5 Å². The van der Waals surface area contributed by atoms with E-state index in [4.69, 9.17) is 59.1 Å². The highest BCUT2D eigenvalue weighted by Crippen LogP contribution is 2.42. The van der Waals surface area contributed by atoms with Crippen LogP contribution in [0.1, 0.15) is 102 Å². The molecular weight excluding hydrogens is 960 g/mol. The molecule has 2 heterocycles. The number of hydrogen-bond donors (Lipinski definition) is 4. The third-order valence-corrected chi connectivity index (χ3v) is 23.2. The van der Waals surface area contributed by atoms with Crippen LogP contribution in [0.5, 0.6) is 0 Å². The van der Waals surface area contributed by atoms with Crippen molar-refractivity contribution < 1.29 is 27.9 Å². The van der Waals surface area contributed by atoms with E-state index in [1.54, 1.807) is 56.3 Å². The fourth-order valence-corrected chi connectivity index (χ4v) is 9.36. The lowest BCUT2D eigenvalue weighted by molar-refractivity contribution is 0.159. The Kier molecular flexibility index (Phi) is 18.1. The minimum absolute atomic E-state index is 0.0262. The lowest BCUT2D eigenvalue weighted by Gasteiger charge is -2.40. The van der Waals surface area contributed by atoms with Crippen molar-refractivity contribution >= 4 is 62.6 Å². The van der Waals surface area contributed by atoms with Gasteiger partial charge in [0, 0.05) is 22.5 Å². The third-order valence-electron chi connectivity index (χ3n) is 13.2. The van der Waals surface area contributed by atoms with E-state index < -0.39 is 34.8 Å². The van der Waals surface area contributed by atoms with Gasteiger partial charge in [-0.25, -0.2) is 9.69 Å². The van der Waals surface area contributed by atoms with Crippen molar-refractivity contribution in [2.45, 2.75) is 143 Å². The van der Waals surface area contributed by atoms with Crippen LogP contribution in [-0.4, -0.2) is 59.5 Å². The summed E-state index contributed by atoms with van der Waals surface area (Å²) in [5.41, 5.74) is 7.14. The third kappa shape index (κ3) is 13.3. The second kappa shape index (κ2) is 22.8. The molecule has 2 aromatic heterocycles. The Hall–Kier alpha value is -5.41. The van der Waals surface area contributed by atoms with Crippen LogP contribution in [-0.2, 0) is 22.1 Å². The minimum atomic E-state index is -2.12. The van der Waals surface area contributed by atoms with E-state index in [0.717, 1.165) is 27.9 Å². The lowest BCUT2D eigenvalue weighted by atomic mass is 10.1. The Balaban J connectivity index is 0.000000282. The molecule has 4 atom stereocenters. The van der Waals surface area contributed by atoms with Crippen molar-refractivity contribution in [2.75, 3.05) is 10.6 Å². The molecule has 4 N–H and O–H groups in total. The zero-order valence-corrected chi connectivity index (χ0v) is 46.1. The molecule has 0 unspecified atom stereocenters. The van der Waals surface area contributed by atoms with Gasteiger partial charge in [0.15, 0.2) is 16.6 Å². The van der Waals surface area contributed by atoms with Crippen molar-refractivity contribution in [3.8, 4) is 22.9 Å². The first kappa shape index (κ1) is 55.5. The van der Waals surface area contributed by atoms with Gasteiger partial charge in [0.1, 0.15) is 12.1 Å². The van der Waals surface area contributed by atoms with Crippen LogP contribution < -0.4 is 10.6 Å². The number of aliphatic hydroxyl groups is 2. The van der Waals surface area contributed by atoms with Crippen LogP contribution in [0.15, 0.2) is 81.6 Å². The number of aromatic nitrogens is 4. The Morgan fingerprint density at radius 1 is 0.643 bits per heavy atom. The fraction of sp³-hybridized carbons (Fsp3) is 0.423. The van der Waals surface area contributed by atoms with E-state index in [1.165, 1.54) is 0 Å². The van der Waals surface area contributed by atoms with Crippen LogP contribution in [0.4, 0.5) is 22.7 Å². The molecule has 0 amide bonds. The number of nitrogens with one attached hydrogen (secondary N) is 2. The molecule has 0 aliphatic rings. The van der Waals surface area contributed by atoms with Gasteiger partial charge in [-0.3, -0.25) is 0 Å². The summed E-state index contributed by atoms with van der Waals surface area (Å²) in [5.74, 6) is 1.39. The SMILES string of the molecule is [C-]#[N+]c1ccc(N[C@@H](c2nnc(-c3ccc(CO)cc3)o2)[C@H](C)O)c(C)c1Cl.[C-]#[N+]c1ccc(N[C@@H](c2nnc(-c3ccc(CO[Si](C)(C)C(C)(C)C)cc3)o2)[C@H](C)O[Si](C)(C)C(C)(C)C)c(C)c1Cl. The van der Waals surface area contributed by atoms with Crippen LogP contribution in [0.2, 0.25) is 46.3 Å². The van der Waals surface area contributed by atoms with Crippen molar-refractivity contribution in [1.82, 2.24) is 20.4 Å². The summed E-state index contributed by atoms with van der Waals surface area (Å²) in [6, 6.07) is 21.0. The average molecular weight is 1030 g/mol. The predicted octanol–water partition coefficient (Wildman–Crippen LogP) is 14.6. The monoisotopic (exact) mass is 1020 g/mol. The van der Waals surface area contributed by atoms with Gasteiger partial charge in [-0.1, -0.05) is 101 Å². The molecule has 0 fully saturated rings. The highest BCUT2D eigenvalue weighted by Gasteiger charge is 2.41. The van der Waals surface area contributed by atoms with Crippen LogP contribution in [0.3, 0.4) is 0 Å². The Labute approximate surface area is 425 Å². The summed E-state index contributed by atoms with van der Waals surface area (Å²) in [6.07, 6.45) is -1.11. The molecule has 0 saturated carbocycles. The largest absolute Gasteiger partial charge is 0.418 e. The van der Waals surface area contributed by atoms with E-state index in [2.05, 4.69) is 121 Å². The number of anilines is 2. The molecule has 372 valence electrons. The zero-order valence-electron chi connectivity index (χ0n) is 42.6. The van der Waals surface area contributed by atoms with Crippen LogP contribution >= 0.6 is 23.2 Å².